The molecule has 0 N–H and O–H groups in total. The minimum Gasteiger partial charge on any atom is -0.440 e. The molecule has 0 bridgehead atoms. The zero-order valence-corrected chi connectivity index (χ0v) is 14.3. The number of thiophene rings is 1. The van der Waals surface area contributed by atoms with Crippen molar-refractivity contribution in [1.29, 1.82) is 0 Å². The summed E-state index contributed by atoms with van der Waals surface area (Å²) in [4.78, 5) is 41.8. The highest BCUT2D eigenvalue weighted by Crippen LogP contribution is 2.33. The van der Waals surface area contributed by atoms with Crippen LogP contribution in [0.1, 0.15) is 32.2 Å². The molecule has 1 aliphatic heterocycles. The minimum atomic E-state index is -0.697. The van der Waals surface area contributed by atoms with Gasteiger partial charge in [-0.3, -0.25) is 24.6 Å². The van der Waals surface area contributed by atoms with E-state index in [1.165, 1.54) is 29.5 Å². The molecule has 3 heterocycles. The van der Waals surface area contributed by atoms with Crippen molar-refractivity contribution in [3.05, 3.63) is 68.4 Å². The zero-order valence-electron chi connectivity index (χ0n) is 13.5. The van der Waals surface area contributed by atoms with E-state index in [-0.39, 0.29) is 23.4 Å². The summed E-state index contributed by atoms with van der Waals surface area (Å²) in [6, 6.07) is 7.73. The number of nitrogens with zero attached hydrogens (tertiary/aromatic N) is 3. The number of rotatable bonds is 4. The molecule has 0 aliphatic carbocycles. The topological polar surface area (TPSA) is 107 Å². The molecule has 0 atom stereocenters. The third-order valence-corrected chi connectivity index (χ3v) is 4.96. The van der Waals surface area contributed by atoms with Gasteiger partial charge in [0.2, 0.25) is 5.89 Å². The maximum absolute atomic E-state index is 12.6. The molecular formula is C17H11N3O5S. The van der Waals surface area contributed by atoms with Crippen molar-refractivity contribution < 1.29 is 18.9 Å². The summed E-state index contributed by atoms with van der Waals surface area (Å²) in [6.07, 6.45) is 0. The van der Waals surface area contributed by atoms with E-state index in [1.54, 1.807) is 6.92 Å². The Bertz CT molecular complexity index is 1050. The van der Waals surface area contributed by atoms with Gasteiger partial charge in [0.25, 0.3) is 17.5 Å². The van der Waals surface area contributed by atoms with Crippen LogP contribution in [-0.4, -0.2) is 26.6 Å². The lowest BCUT2D eigenvalue weighted by Gasteiger charge is -2.11. The number of aryl methyl sites for hydroxylation is 1. The first kappa shape index (κ1) is 16.2. The van der Waals surface area contributed by atoms with E-state index in [9.17, 15) is 19.7 Å². The Kier molecular flexibility index (Phi) is 3.66. The van der Waals surface area contributed by atoms with E-state index >= 15 is 0 Å². The van der Waals surface area contributed by atoms with Crippen molar-refractivity contribution >= 4 is 28.8 Å². The lowest BCUT2D eigenvalue weighted by Crippen LogP contribution is -2.29. The minimum absolute atomic E-state index is 0.0313. The number of amides is 2. The number of imide groups is 1. The van der Waals surface area contributed by atoms with Crippen LogP contribution < -0.4 is 0 Å². The van der Waals surface area contributed by atoms with Crippen LogP contribution in [-0.2, 0) is 6.54 Å². The molecule has 2 aromatic heterocycles. The largest absolute Gasteiger partial charge is 0.440 e. The molecule has 2 amide bonds. The highest BCUT2D eigenvalue weighted by atomic mass is 32.1. The maximum atomic E-state index is 12.6. The first-order valence-corrected chi connectivity index (χ1v) is 8.49. The van der Waals surface area contributed by atoms with E-state index in [0.29, 0.717) is 17.3 Å². The highest BCUT2D eigenvalue weighted by molar-refractivity contribution is 7.13. The first-order valence-electron chi connectivity index (χ1n) is 7.61. The summed E-state index contributed by atoms with van der Waals surface area (Å²) in [5, 5.41) is 13.1. The average molecular weight is 369 g/mol. The van der Waals surface area contributed by atoms with Crippen LogP contribution in [0.5, 0.6) is 0 Å². The molecule has 0 fully saturated rings. The Balaban J connectivity index is 1.68. The number of aromatic nitrogens is 1. The van der Waals surface area contributed by atoms with Crippen LogP contribution in [0.4, 0.5) is 5.69 Å². The van der Waals surface area contributed by atoms with Crippen LogP contribution >= 0.6 is 11.3 Å². The summed E-state index contributed by atoms with van der Waals surface area (Å²) in [5.41, 5.74) is -0.0870. The van der Waals surface area contributed by atoms with Crippen molar-refractivity contribution in [2.24, 2.45) is 0 Å². The number of carbonyl (C=O) groups excluding carboxylic acids is 2. The van der Waals surface area contributed by atoms with Crippen LogP contribution in [0.15, 0.2) is 40.1 Å². The number of oxazole rings is 1. The molecule has 1 aliphatic rings. The fraction of sp³-hybridized carbons (Fsp3) is 0.118. The van der Waals surface area contributed by atoms with Gasteiger partial charge in [0.1, 0.15) is 17.0 Å². The third kappa shape index (κ3) is 2.40. The molecule has 4 rings (SSSR count). The number of benzene rings is 1. The number of nitro groups is 1. The second kappa shape index (κ2) is 5.88. The van der Waals surface area contributed by atoms with Crippen molar-refractivity contribution in [3.63, 3.8) is 0 Å². The molecule has 1 aromatic carbocycles. The van der Waals surface area contributed by atoms with Gasteiger partial charge in [-0.1, -0.05) is 12.1 Å². The van der Waals surface area contributed by atoms with E-state index < -0.39 is 16.7 Å². The summed E-state index contributed by atoms with van der Waals surface area (Å²) in [5.74, 6) is -0.374. The number of hydrogen-bond acceptors (Lipinski definition) is 7. The summed E-state index contributed by atoms with van der Waals surface area (Å²) in [7, 11) is 0. The fourth-order valence-electron chi connectivity index (χ4n) is 2.84. The summed E-state index contributed by atoms with van der Waals surface area (Å²) in [6.45, 7) is 1.59. The van der Waals surface area contributed by atoms with Gasteiger partial charge in [-0.2, -0.15) is 0 Å². The van der Waals surface area contributed by atoms with Crippen molar-refractivity contribution in [1.82, 2.24) is 9.88 Å². The quantitative estimate of drug-likeness (QED) is 0.396. The summed E-state index contributed by atoms with van der Waals surface area (Å²) >= 11 is 1.46. The predicted octanol–water partition coefficient (Wildman–Crippen LogP) is 3.42. The smallest absolute Gasteiger partial charge is 0.282 e. The second-order valence-electron chi connectivity index (χ2n) is 5.65. The van der Waals surface area contributed by atoms with Gasteiger partial charge >= 0.3 is 0 Å². The number of carbonyl (C=O) groups is 2. The van der Waals surface area contributed by atoms with Crippen LogP contribution in [0.3, 0.4) is 0 Å². The average Bonchev–Trinajstić information content (AvgIpc) is 3.32. The molecule has 0 saturated heterocycles. The van der Waals surface area contributed by atoms with Gasteiger partial charge in [-0.15, -0.1) is 11.3 Å². The first-order chi connectivity index (χ1) is 12.5. The monoisotopic (exact) mass is 369 g/mol. The molecule has 26 heavy (non-hydrogen) atoms. The molecule has 0 unspecified atom stereocenters. The lowest BCUT2D eigenvalue weighted by molar-refractivity contribution is -0.385. The van der Waals surface area contributed by atoms with E-state index in [0.717, 1.165) is 9.78 Å². The van der Waals surface area contributed by atoms with E-state index in [2.05, 4.69) is 4.98 Å². The number of nitro benzene ring substituents is 1. The van der Waals surface area contributed by atoms with Gasteiger partial charge in [-0.25, -0.2) is 4.98 Å². The van der Waals surface area contributed by atoms with E-state index in [1.807, 2.05) is 17.5 Å². The highest BCUT2D eigenvalue weighted by Gasteiger charge is 2.41. The fourth-order valence-corrected chi connectivity index (χ4v) is 3.49. The third-order valence-electron chi connectivity index (χ3n) is 4.11. The van der Waals surface area contributed by atoms with Gasteiger partial charge < -0.3 is 4.42 Å². The van der Waals surface area contributed by atoms with Gasteiger partial charge in [0.15, 0.2) is 0 Å². The molecule has 0 spiro atoms. The molecule has 130 valence electrons. The Morgan fingerprint density at radius 1 is 1.23 bits per heavy atom. The normalized spacial score (nSPS) is 13.3. The maximum Gasteiger partial charge on any atom is 0.282 e. The van der Waals surface area contributed by atoms with Crippen LogP contribution in [0.25, 0.3) is 10.8 Å². The van der Waals surface area contributed by atoms with Crippen LogP contribution in [0, 0.1) is 17.0 Å². The molecule has 0 radical (unpaired) electrons. The van der Waals surface area contributed by atoms with Gasteiger partial charge in [0, 0.05) is 6.07 Å². The molecule has 9 heteroatoms. The Morgan fingerprint density at radius 2 is 2.04 bits per heavy atom. The number of fused-ring (bicyclic) bond motifs is 1. The van der Waals surface area contributed by atoms with Crippen molar-refractivity contribution in [2.45, 2.75) is 13.5 Å². The lowest BCUT2D eigenvalue weighted by atomic mass is 10.1. The van der Waals surface area contributed by atoms with Crippen molar-refractivity contribution in [2.75, 3.05) is 0 Å². The Labute approximate surface area is 150 Å². The van der Waals surface area contributed by atoms with Crippen LogP contribution in [0.2, 0.25) is 0 Å². The molecular weight excluding hydrogens is 358 g/mol. The molecule has 8 nitrogen and oxygen atoms in total. The zero-order chi connectivity index (χ0) is 18.4. The molecule has 3 aromatic rings. The molecule has 0 saturated carbocycles. The van der Waals surface area contributed by atoms with Gasteiger partial charge in [0.05, 0.1) is 21.9 Å². The Morgan fingerprint density at radius 3 is 2.73 bits per heavy atom. The SMILES string of the molecule is Cc1oc(-c2cccs2)nc1CN1C(=O)c2cccc([N+](=O)[O-])c2C1=O. The second-order valence-corrected chi connectivity index (χ2v) is 6.60. The number of hydrogen-bond donors (Lipinski definition) is 0. The van der Waals surface area contributed by atoms with Crippen molar-refractivity contribution in [3.8, 4) is 10.8 Å². The summed E-state index contributed by atoms with van der Waals surface area (Å²) < 4.78 is 5.62. The van der Waals surface area contributed by atoms with E-state index in [4.69, 9.17) is 4.42 Å². The van der Waals surface area contributed by atoms with Gasteiger partial charge in [-0.05, 0) is 24.4 Å². The standard InChI is InChI=1S/C17H11N3O5S/c1-9-11(18-15(25-9)13-6-3-7-26-13)8-19-16(21)10-4-2-5-12(20(23)24)14(10)17(19)22/h2-7H,8H2,1H3. The predicted molar refractivity (Wildman–Crippen MR) is 91.9 cm³/mol. The Hall–Kier alpha value is -3.33.